The fraction of sp³-hybridized carbons (Fsp3) is 0.200. The predicted octanol–water partition coefficient (Wildman–Crippen LogP) is 4.40. The molecule has 3 nitrogen and oxygen atoms in total. The van der Waals surface area contributed by atoms with Gasteiger partial charge in [-0.05, 0) is 52.9 Å². The van der Waals surface area contributed by atoms with Gasteiger partial charge in [0.1, 0.15) is 12.7 Å². The van der Waals surface area contributed by atoms with Gasteiger partial charge in [-0.1, -0.05) is 86.6 Å². The summed E-state index contributed by atoms with van der Waals surface area (Å²) in [7, 11) is 0. The normalized spacial score (nSPS) is 11.2. The van der Waals surface area contributed by atoms with E-state index in [1.165, 1.54) is 0 Å². The van der Waals surface area contributed by atoms with Crippen LogP contribution in [0.15, 0.2) is 66.7 Å². The van der Waals surface area contributed by atoms with Crippen molar-refractivity contribution in [2.75, 3.05) is 12.3 Å². The molecule has 4 N–H and O–H groups in total. The van der Waals surface area contributed by atoms with Gasteiger partial charge in [0, 0.05) is 22.3 Å². The number of nitrogens with two attached hydrogens (primary N) is 1. The molecule has 0 heterocycles. The zero-order valence-corrected chi connectivity index (χ0v) is 19.1. The largest absolute Gasteiger partial charge is 0.397 e. The van der Waals surface area contributed by atoms with Crippen molar-refractivity contribution in [3.05, 3.63) is 100 Å². The van der Waals surface area contributed by atoms with Crippen LogP contribution in [0.5, 0.6) is 0 Å². The molecule has 33 heavy (non-hydrogen) atoms. The molecule has 0 aromatic heterocycles. The molecule has 164 valence electrons. The van der Waals surface area contributed by atoms with Crippen LogP contribution in [0.25, 0.3) is 0 Å². The molecular weight excluding hydrogens is 406 g/mol. The molecule has 0 bridgehead atoms. The summed E-state index contributed by atoms with van der Waals surface area (Å²) in [4.78, 5) is 0. The number of nitrogen functional groups attached to an aromatic ring is 1. The van der Waals surface area contributed by atoms with E-state index in [0.717, 1.165) is 16.7 Å². The Morgan fingerprint density at radius 2 is 1.39 bits per heavy atom. The molecule has 0 saturated heterocycles. The Hall–Kier alpha value is -3.94. The van der Waals surface area contributed by atoms with E-state index < -0.39 is 6.10 Å². The topological polar surface area (TPSA) is 66.5 Å². The highest BCUT2D eigenvalue weighted by Crippen LogP contribution is 2.28. The number of aliphatic hydroxyl groups is 2. The molecule has 3 heteroatoms. The molecule has 0 fully saturated rings. The second-order valence-electron chi connectivity index (χ2n) is 8.60. The molecule has 3 aromatic rings. The third-order valence-corrected chi connectivity index (χ3v) is 5.04. The quantitative estimate of drug-likeness (QED) is 0.394. The second-order valence-corrected chi connectivity index (χ2v) is 8.60. The highest BCUT2D eigenvalue weighted by molar-refractivity contribution is 5.68. The highest BCUT2D eigenvalue weighted by atomic mass is 16.3. The first-order chi connectivity index (χ1) is 15.8. The first-order valence-electron chi connectivity index (χ1n) is 10.7. The Balaban J connectivity index is 1.85. The van der Waals surface area contributed by atoms with E-state index in [2.05, 4.69) is 56.3 Å². The summed E-state index contributed by atoms with van der Waals surface area (Å²) in [5.74, 6) is 17.7. The van der Waals surface area contributed by atoms with Gasteiger partial charge in [0.2, 0.25) is 0 Å². The zero-order chi connectivity index (χ0) is 23.8. The van der Waals surface area contributed by atoms with Gasteiger partial charge >= 0.3 is 0 Å². The van der Waals surface area contributed by atoms with Crippen molar-refractivity contribution in [2.45, 2.75) is 32.3 Å². The Morgan fingerprint density at radius 1 is 0.818 bits per heavy atom. The predicted molar refractivity (Wildman–Crippen MR) is 134 cm³/mol. The van der Waals surface area contributed by atoms with Crippen molar-refractivity contribution in [3.8, 4) is 35.5 Å². The number of rotatable bonds is 1. The number of benzene rings is 3. The third-order valence-electron chi connectivity index (χ3n) is 5.04. The molecular formula is C30H27NO2. The van der Waals surface area contributed by atoms with Crippen molar-refractivity contribution < 1.29 is 10.2 Å². The lowest BCUT2D eigenvalue weighted by molar-refractivity contribution is 0.238. The molecule has 3 aromatic carbocycles. The van der Waals surface area contributed by atoms with Crippen LogP contribution in [0.4, 0.5) is 5.69 Å². The summed E-state index contributed by atoms with van der Waals surface area (Å²) < 4.78 is 0. The number of anilines is 1. The lowest BCUT2D eigenvalue weighted by Gasteiger charge is -2.20. The molecule has 0 amide bonds. The number of hydrogen-bond donors (Lipinski definition) is 3. The van der Waals surface area contributed by atoms with Crippen LogP contribution in [0.3, 0.4) is 0 Å². The minimum absolute atomic E-state index is 0.130. The molecule has 0 aliphatic heterocycles. The molecule has 0 spiro atoms. The van der Waals surface area contributed by atoms with Crippen LogP contribution in [-0.4, -0.2) is 16.8 Å². The van der Waals surface area contributed by atoms with Gasteiger partial charge in [-0.2, -0.15) is 0 Å². The Morgan fingerprint density at radius 3 is 1.97 bits per heavy atom. The molecule has 0 aliphatic carbocycles. The van der Waals surface area contributed by atoms with E-state index in [1.54, 1.807) is 0 Å². The Bertz CT molecular complexity index is 1300. The minimum atomic E-state index is -0.967. The maximum atomic E-state index is 10.6. The standard InChI is InChI=1S/C30H27NO2/c1-30(2,3)27-20-25(10-7-19-32)29(31)26(21-27)17-18-28(33)24-15-13-23(14-16-24)12-11-22-8-5-4-6-9-22/h4-6,8-9,13-16,20-21,28,32-33H,19,31H2,1-3H3/t28-/m1/s1. The zero-order valence-electron chi connectivity index (χ0n) is 19.1. The van der Waals surface area contributed by atoms with Crippen molar-refractivity contribution in [2.24, 2.45) is 0 Å². The van der Waals surface area contributed by atoms with Gasteiger partial charge in [-0.15, -0.1) is 0 Å². The fourth-order valence-electron chi connectivity index (χ4n) is 3.07. The second kappa shape index (κ2) is 10.6. The summed E-state index contributed by atoms with van der Waals surface area (Å²) in [5.41, 5.74) is 11.3. The van der Waals surface area contributed by atoms with Crippen molar-refractivity contribution >= 4 is 5.69 Å². The van der Waals surface area contributed by atoms with E-state index in [9.17, 15) is 5.11 Å². The summed E-state index contributed by atoms with van der Waals surface area (Å²) in [6.45, 7) is 6.03. The van der Waals surface area contributed by atoms with E-state index in [-0.39, 0.29) is 12.0 Å². The lowest BCUT2D eigenvalue weighted by atomic mass is 9.84. The summed E-state index contributed by atoms with van der Waals surface area (Å²) >= 11 is 0. The first kappa shape index (κ1) is 23.7. The smallest absolute Gasteiger partial charge is 0.140 e. The van der Waals surface area contributed by atoms with Crippen LogP contribution in [-0.2, 0) is 5.41 Å². The van der Waals surface area contributed by atoms with Gasteiger partial charge in [-0.25, -0.2) is 0 Å². The Labute approximate surface area is 196 Å². The summed E-state index contributed by atoms with van der Waals surface area (Å²) in [6.07, 6.45) is -0.967. The minimum Gasteiger partial charge on any atom is -0.397 e. The van der Waals surface area contributed by atoms with E-state index in [1.807, 2.05) is 66.7 Å². The molecule has 0 saturated carbocycles. The molecule has 1 atom stereocenters. The first-order valence-corrected chi connectivity index (χ1v) is 10.7. The average molecular weight is 434 g/mol. The Kier molecular flexibility index (Phi) is 7.61. The molecule has 0 aliphatic rings. The molecule has 0 radical (unpaired) electrons. The van der Waals surface area contributed by atoms with Crippen molar-refractivity contribution in [1.82, 2.24) is 0 Å². The van der Waals surface area contributed by atoms with Gasteiger partial charge in [0.05, 0.1) is 5.69 Å². The summed E-state index contributed by atoms with van der Waals surface area (Å²) in [5, 5.41) is 19.6. The van der Waals surface area contributed by atoms with Crippen LogP contribution < -0.4 is 5.73 Å². The van der Waals surface area contributed by atoms with Crippen LogP contribution >= 0.6 is 0 Å². The number of hydrogen-bond acceptors (Lipinski definition) is 3. The maximum Gasteiger partial charge on any atom is 0.140 e. The lowest BCUT2D eigenvalue weighted by Crippen LogP contribution is -2.12. The highest BCUT2D eigenvalue weighted by Gasteiger charge is 2.17. The van der Waals surface area contributed by atoms with Crippen LogP contribution in [0.2, 0.25) is 0 Å². The molecule has 0 unspecified atom stereocenters. The van der Waals surface area contributed by atoms with Gasteiger partial charge in [0.15, 0.2) is 0 Å². The fourth-order valence-corrected chi connectivity index (χ4v) is 3.07. The van der Waals surface area contributed by atoms with Gasteiger partial charge < -0.3 is 15.9 Å². The summed E-state index contributed by atoms with van der Waals surface area (Å²) in [6, 6.07) is 21.0. The number of aliphatic hydroxyl groups excluding tert-OH is 2. The van der Waals surface area contributed by atoms with Gasteiger partial charge in [-0.3, -0.25) is 0 Å². The SMILES string of the molecule is CC(C)(C)c1cc(C#CCO)c(N)c(C#C[C@@H](O)c2ccc(C#Cc3ccccc3)cc2)c1. The van der Waals surface area contributed by atoms with Gasteiger partial charge in [0.25, 0.3) is 0 Å². The van der Waals surface area contributed by atoms with Crippen LogP contribution in [0, 0.1) is 35.5 Å². The third kappa shape index (κ3) is 6.52. The van der Waals surface area contributed by atoms with E-state index >= 15 is 0 Å². The van der Waals surface area contributed by atoms with E-state index in [4.69, 9.17) is 10.8 Å². The monoisotopic (exact) mass is 433 g/mol. The van der Waals surface area contributed by atoms with Crippen molar-refractivity contribution in [1.29, 1.82) is 0 Å². The molecule has 3 rings (SSSR count). The van der Waals surface area contributed by atoms with E-state index in [0.29, 0.717) is 22.4 Å². The maximum absolute atomic E-state index is 10.6. The average Bonchev–Trinajstić information content (AvgIpc) is 2.81. The van der Waals surface area contributed by atoms with Crippen molar-refractivity contribution in [3.63, 3.8) is 0 Å². The van der Waals surface area contributed by atoms with Crippen LogP contribution in [0.1, 0.15) is 60.3 Å².